The molecule has 2 rings (SSSR count). The predicted molar refractivity (Wildman–Crippen MR) is 85.3 cm³/mol. The minimum atomic E-state index is -3.27. The molecule has 0 aromatic heterocycles. The lowest BCUT2D eigenvalue weighted by Gasteiger charge is -2.36. The Morgan fingerprint density at radius 2 is 2.25 bits per heavy atom. The molecule has 0 aliphatic carbocycles. The molecule has 1 aliphatic heterocycles. The van der Waals surface area contributed by atoms with Gasteiger partial charge in [-0.15, -0.1) is 0 Å². The fourth-order valence-corrected chi connectivity index (χ4v) is 5.50. The Labute approximate surface area is 130 Å². The number of hydrogen-bond acceptors (Lipinski definition) is 5. The van der Waals surface area contributed by atoms with E-state index in [1.54, 1.807) is 28.8 Å². The Hall–Kier alpha value is -0.310. The molecule has 1 aromatic carbocycles. The quantitative estimate of drug-likeness (QED) is 0.865. The second-order valence-electron chi connectivity index (χ2n) is 4.63. The Bertz CT molecular complexity index is 610. The smallest absolute Gasteiger partial charge is 0.169 e. The fourth-order valence-electron chi connectivity index (χ4n) is 2.17. The highest BCUT2D eigenvalue weighted by Crippen LogP contribution is 2.33. The number of anilines is 1. The van der Waals surface area contributed by atoms with Crippen molar-refractivity contribution >= 4 is 43.2 Å². The summed E-state index contributed by atoms with van der Waals surface area (Å²) in [6.45, 7) is 0.733. The lowest BCUT2D eigenvalue weighted by Crippen LogP contribution is -2.47. The van der Waals surface area contributed by atoms with Crippen LogP contribution in [0.1, 0.15) is 5.56 Å². The van der Waals surface area contributed by atoms with Crippen LogP contribution in [0.2, 0.25) is 0 Å². The van der Waals surface area contributed by atoms with Gasteiger partial charge in [0.1, 0.15) is 5.37 Å². The van der Waals surface area contributed by atoms with Gasteiger partial charge in [0.2, 0.25) is 0 Å². The van der Waals surface area contributed by atoms with E-state index in [0.29, 0.717) is 28.0 Å². The van der Waals surface area contributed by atoms with Crippen molar-refractivity contribution in [2.75, 3.05) is 29.2 Å². The molecular weight excluding hydrogens is 367 g/mol. The summed E-state index contributed by atoms with van der Waals surface area (Å²) >= 11 is 4.76. The standard InChI is InChI=1S/C12H16BrFN2O2S2/c1-20(17,18)10-7-19-5-4-16(10)9-3-2-8(6-15)11(13)12(9)14/h2-3,10H,4-7,15H2,1H3. The second kappa shape index (κ2) is 6.21. The first-order valence-electron chi connectivity index (χ1n) is 6.06. The van der Waals surface area contributed by atoms with Gasteiger partial charge in [-0.1, -0.05) is 6.07 Å². The van der Waals surface area contributed by atoms with Gasteiger partial charge in [-0.25, -0.2) is 12.8 Å². The number of rotatable bonds is 3. The number of hydrogen-bond donors (Lipinski definition) is 1. The minimum Gasteiger partial charge on any atom is -0.351 e. The van der Waals surface area contributed by atoms with Crippen LogP contribution in [0.3, 0.4) is 0 Å². The highest BCUT2D eigenvalue weighted by Gasteiger charge is 2.33. The van der Waals surface area contributed by atoms with Crippen LogP contribution in [0.5, 0.6) is 0 Å². The highest BCUT2D eigenvalue weighted by atomic mass is 79.9. The molecule has 20 heavy (non-hydrogen) atoms. The van der Waals surface area contributed by atoms with Gasteiger partial charge >= 0.3 is 0 Å². The van der Waals surface area contributed by atoms with Crippen molar-refractivity contribution in [3.63, 3.8) is 0 Å². The molecule has 1 fully saturated rings. The zero-order chi connectivity index (χ0) is 14.9. The summed E-state index contributed by atoms with van der Waals surface area (Å²) in [5, 5.41) is -0.689. The molecule has 0 amide bonds. The normalized spacial score (nSPS) is 20.2. The average molecular weight is 383 g/mol. The second-order valence-corrected chi connectivity index (χ2v) is 8.77. The van der Waals surface area contributed by atoms with Gasteiger partial charge in [0, 0.05) is 30.9 Å². The van der Waals surface area contributed by atoms with Crippen molar-refractivity contribution in [2.24, 2.45) is 5.73 Å². The summed E-state index contributed by atoms with van der Waals surface area (Å²) in [4.78, 5) is 1.63. The van der Waals surface area contributed by atoms with E-state index >= 15 is 0 Å². The van der Waals surface area contributed by atoms with E-state index in [4.69, 9.17) is 5.73 Å². The van der Waals surface area contributed by atoms with Crippen LogP contribution < -0.4 is 10.6 Å². The molecule has 0 spiro atoms. The van der Waals surface area contributed by atoms with Crippen molar-refractivity contribution in [2.45, 2.75) is 11.9 Å². The maximum Gasteiger partial charge on any atom is 0.169 e. The lowest BCUT2D eigenvalue weighted by molar-refractivity contribution is 0.577. The van der Waals surface area contributed by atoms with E-state index in [1.165, 1.54) is 6.26 Å². The highest BCUT2D eigenvalue weighted by molar-refractivity contribution is 9.10. The van der Waals surface area contributed by atoms with Crippen LogP contribution in [0.15, 0.2) is 16.6 Å². The van der Waals surface area contributed by atoms with Gasteiger partial charge in [0.15, 0.2) is 15.7 Å². The fraction of sp³-hybridized carbons (Fsp3) is 0.500. The zero-order valence-electron chi connectivity index (χ0n) is 11.0. The molecule has 1 heterocycles. The van der Waals surface area contributed by atoms with Crippen molar-refractivity contribution < 1.29 is 12.8 Å². The van der Waals surface area contributed by atoms with Crippen LogP contribution in [-0.2, 0) is 16.4 Å². The van der Waals surface area contributed by atoms with Gasteiger partial charge < -0.3 is 10.6 Å². The first-order valence-corrected chi connectivity index (χ1v) is 9.96. The van der Waals surface area contributed by atoms with Gasteiger partial charge in [0.05, 0.1) is 10.2 Å². The predicted octanol–water partition coefficient (Wildman–Crippen LogP) is 1.97. The third kappa shape index (κ3) is 3.13. The molecule has 4 nitrogen and oxygen atoms in total. The summed E-state index contributed by atoms with van der Waals surface area (Å²) in [6, 6.07) is 3.33. The van der Waals surface area contributed by atoms with E-state index < -0.39 is 21.0 Å². The zero-order valence-corrected chi connectivity index (χ0v) is 14.2. The molecular formula is C12H16BrFN2O2S2. The Kier molecular flexibility index (Phi) is 4.99. The number of nitrogens with zero attached hydrogens (tertiary/aromatic N) is 1. The molecule has 1 aliphatic rings. The SMILES string of the molecule is CS(=O)(=O)C1CSCCN1c1ccc(CN)c(Br)c1F. The first kappa shape index (κ1) is 16.1. The summed E-state index contributed by atoms with van der Waals surface area (Å²) < 4.78 is 38.5. The third-order valence-corrected chi connectivity index (χ3v) is 6.75. The van der Waals surface area contributed by atoms with Gasteiger partial charge in [-0.3, -0.25) is 0 Å². The van der Waals surface area contributed by atoms with E-state index in [2.05, 4.69) is 15.9 Å². The minimum absolute atomic E-state index is 0.225. The third-order valence-electron chi connectivity index (χ3n) is 3.25. The number of halogens is 2. The molecule has 1 saturated heterocycles. The number of sulfone groups is 1. The molecule has 0 bridgehead atoms. The van der Waals surface area contributed by atoms with E-state index in [1.807, 2.05) is 0 Å². The first-order chi connectivity index (χ1) is 9.36. The molecule has 1 atom stereocenters. The summed E-state index contributed by atoms with van der Waals surface area (Å²) in [5.74, 6) is 0.782. The molecule has 0 saturated carbocycles. The molecule has 2 N–H and O–H groups in total. The molecule has 1 unspecified atom stereocenters. The van der Waals surface area contributed by atoms with Crippen molar-refractivity contribution in [1.29, 1.82) is 0 Å². The summed E-state index contributed by atoms with van der Waals surface area (Å²) in [6.07, 6.45) is 1.19. The van der Waals surface area contributed by atoms with Gasteiger partial charge in [0.25, 0.3) is 0 Å². The maximum absolute atomic E-state index is 14.4. The summed E-state index contributed by atoms with van der Waals surface area (Å²) in [7, 11) is -3.27. The monoisotopic (exact) mass is 382 g/mol. The lowest BCUT2D eigenvalue weighted by atomic mass is 10.2. The molecule has 1 aromatic rings. The van der Waals surface area contributed by atoms with E-state index in [9.17, 15) is 12.8 Å². The van der Waals surface area contributed by atoms with Gasteiger partial charge in [-0.05, 0) is 27.6 Å². The Morgan fingerprint density at radius 1 is 1.55 bits per heavy atom. The number of nitrogens with two attached hydrogens (primary N) is 1. The van der Waals surface area contributed by atoms with Crippen LogP contribution in [0.25, 0.3) is 0 Å². The maximum atomic E-state index is 14.4. The largest absolute Gasteiger partial charge is 0.351 e. The average Bonchev–Trinajstić information content (AvgIpc) is 2.41. The number of benzene rings is 1. The molecule has 112 valence electrons. The number of thioether (sulfide) groups is 1. The van der Waals surface area contributed by atoms with Crippen LogP contribution >= 0.6 is 27.7 Å². The molecule has 8 heteroatoms. The van der Waals surface area contributed by atoms with Crippen molar-refractivity contribution in [3.05, 3.63) is 28.0 Å². The van der Waals surface area contributed by atoms with E-state index in [0.717, 1.165) is 5.75 Å². The van der Waals surface area contributed by atoms with Crippen LogP contribution in [0.4, 0.5) is 10.1 Å². The van der Waals surface area contributed by atoms with E-state index in [-0.39, 0.29) is 6.54 Å². The van der Waals surface area contributed by atoms with Crippen molar-refractivity contribution in [1.82, 2.24) is 0 Å². The Morgan fingerprint density at radius 3 is 2.85 bits per heavy atom. The topological polar surface area (TPSA) is 63.4 Å². The Balaban J connectivity index is 2.46. The molecule has 0 radical (unpaired) electrons. The van der Waals surface area contributed by atoms with Gasteiger partial charge in [-0.2, -0.15) is 11.8 Å². The van der Waals surface area contributed by atoms with Crippen LogP contribution in [-0.4, -0.2) is 38.1 Å². The van der Waals surface area contributed by atoms with Crippen LogP contribution in [0, 0.1) is 5.82 Å². The summed E-state index contributed by atoms with van der Waals surface area (Å²) in [5.41, 5.74) is 6.51. The van der Waals surface area contributed by atoms with Crippen molar-refractivity contribution in [3.8, 4) is 0 Å².